The highest BCUT2D eigenvalue weighted by Gasteiger charge is 2.20. The first-order chi connectivity index (χ1) is 8.69. The molecule has 0 aliphatic heterocycles. The second-order valence-electron chi connectivity index (χ2n) is 5.10. The lowest BCUT2D eigenvalue weighted by molar-refractivity contribution is 0.134. The van der Waals surface area contributed by atoms with Crippen LogP contribution in [-0.4, -0.2) is 30.1 Å². The molecule has 0 saturated carbocycles. The van der Waals surface area contributed by atoms with Crippen molar-refractivity contribution in [2.24, 2.45) is 0 Å². The van der Waals surface area contributed by atoms with E-state index in [1.807, 2.05) is 11.3 Å². The lowest BCUT2D eigenvalue weighted by Gasteiger charge is -2.35. The lowest BCUT2D eigenvalue weighted by Crippen LogP contribution is -2.45. The highest BCUT2D eigenvalue weighted by Crippen LogP contribution is 2.18. The van der Waals surface area contributed by atoms with Crippen LogP contribution >= 0.6 is 11.3 Å². The standard InChI is InChI=1S/C15H28N2S/c1-5-8-14(11-16-6-2)17(13(3)4)12-15-9-7-10-18-15/h7,9-10,13-14,16H,5-6,8,11-12H2,1-4H3. The Labute approximate surface area is 116 Å². The van der Waals surface area contributed by atoms with Crippen molar-refractivity contribution in [3.05, 3.63) is 22.4 Å². The van der Waals surface area contributed by atoms with Crippen molar-refractivity contribution in [1.29, 1.82) is 0 Å². The summed E-state index contributed by atoms with van der Waals surface area (Å²) in [6.45, 7) is 12.3. The fourth-order valence-electron chi connectivity index (χ4n) is 2.35. The molecule has 18 heavy (non-hydrogen) atoms. The van der Waals surface area contributed by atoms with Gasteiger partial charge in [-0.15, -0.1) is 11.3 Å². The maximum absolute atomic E-state index is 3.51. The second-order valence-corrected chi connectivity index (χ2v) is 6.13. The van der Waals surface area contributed by atoms with E-state index in [1.165, 1.54) is 17.7 Å². The summed E-state index contributed by atoms with van der Waals surface area (Å²) < 4.78 is 0. The Kier molecular flexibility index (Phi) is 7.56. The number of thiophene rings is 1. The molecular formula is C15H28N2S. The van der Waals surface area contributed by atoms with E-state index in [9.17, 15) is 0 Å². The molecule has 0 aromatic carbocycles. The summed E-state index contributed by atoms with van der Waals surface area (Å²) in [6, 6.07) is 5.65. The molecular weight excluding hydrogens is 240 g/mol. The van der Waals surface area contributed by atoms with Crippen LogP contribution in [0.3, 0.4) is 0 Å². The quantitative estimate of drug-likeness (QED) is 0.734. The molecule has 0 radical (unpaired) electrons. The average Bonchev–Trinajstić information content (AvgIpc) is 2.84. The van der Waals surface area contributed by atoms with Gasteiger partial charge in [0, 0.05) is 30.1 Å². The van der Waals surface area contributed by atoms with Crippen LogP contribution < -0.4 is 5.32 Å². The summed E-state index contributed by atoms with van der Waals surface area (Å²) in [4.78, 5) is 4.11. The van der Waals surface area contributed by atoms with Crippen LogP contribution in [0.2, 0.25) is 0 Å². The normalized spacial score (nSPS) is 13.4. The molecule has 0 bridgehead atoms. The van der Waals surface area contributed by atoms with Crippen molar-refractivity contribution in [2.75, 3.05) is 13.1 Å². The highest BCUT2D eigenvalue weighted by molar-refractivity contribution is 7.09. The van der Waals surface area contributed by atoms with Crippen molar-refractivity contribution in [2.45, 2.75) is 59.2 Å². The van der Waals surface area contributed by atoms with Crippen LogP contribution in [0.1, 0.15) is 45.4 Å². The molecule has 0 fully saturated rings. The van der Waals surface area contributed by atoms with Crippen molar-refractivity contribution in [1.82, 2.24) is 10.2 Å². The Bertz CT molecular complexity index is 295. The van der Waals surface area contributed by atoms with Gasteiger partial charge >= 0.3 is 0 Å². The van der Waals surface area contributed by atoms with Gasteiger partial charge in [0.1, 0.15) is 0 Å². The molecule has 104 valence electrons. The van der Waals surface area contributed by atoms with E-state index < -0.39 is 0 Å². The fourth-order valence-corrected chi connectivity index (χ4v) is 3.06. The lowest BCUT2D eigenvalue weighted by atomic mass is 10.1. The average molecular weight is 268 g/mol. The number of likely N-dealkylation sites (N-methyl/N-ethyl adjacent to an activating group) is 1. The van der Waals surface area contributed by atoms with E-state index in [-0.39, 0.29) is 0 Å². The van der Waals surface area contributed by atoms with E-state index in [0.717, 1.165) is 19.6 Å². The van der Waals surface area contributed by atoms with Gasteiger partial charge in [-0.2, -0.15) is 0 Å². The van der Waals surface area contributed by atoms with Gasteiger partial charge in [-0.05, 0) is 38.3 Å². The Hall–Kier alpha value is -0.380. The summed E-state index contributed by atoms with van der Waals surface area (Å²) in [7, 11) is 0. The van der Waals surface area contributed by atoms with E-state index in [2.05, 4.69) is 55.4 Å². The Morgan fingerprint density at radius 3 is 2.61 bits per heavy atom. The molecule has 3 heteroatoms. The van der Waals surface area contributed by atoms with Gasteiger partial charge in [0.2, 0.25) is 0 Å². The van der Waals surface area contributed by atoms with Crippen molar-refractivity contribution in [3.8, 4) is 0 Å². The van der Waals surface area contributed by atoms with Gasteiger partial charge in [0.25, 0.3) is 0 Å². The predicted molar refractivity (Wildman–Crippen MR) is 82.2 cm³/mol. The van der Waals surface area contributed by atoms with Crippen molar-refractivity contribution in [3.63, 3.8) is 0 Å². The first-order valence-corrected chi connectivity index (χ1v) is 8.05. The summed E-state index contributed by atoms with van der Waals surface area (Å²) in [5.74, 6) is 0. The summed E-state index contributed by atoms with van der Waals surface area (Å²) in [5.41, 5.74) is 0. The zero-order valence-electron chi connectivity index (χ0n) is 12.3. The second kappa shape index (κ2) is 8.68. The van der Waals surface area contributed by atoms with E-state index in [0.29, 0.717) is 12.1 Å². The van der Waals surface area contributed by atoms with E-state index >= 15 is 0 Å². The van der Waals surface area contributed by atoms with Crippen LogP contribution in [0.25, 0.3) is 0 Å². The van der Waals surface area contributed by atoms with Crippen molar-refractivity contribution < 1.29 is 0 Å². The van der Waals surface area contributed by atoms with Gasteiger partial charge in [0.15, 0.2) is 0 Å². The minimum Gasteiger partial charge on any atom is -0.315 e. The van der Waals surface area contributed by atoms with E-state index in [1.54, 1.807) is 0 Å². The van der Waals surface area contributed by atoms with Gasteiger partial charge in [-0.1, -0.05) is 26.3 Å². The number of nitrogens with zero attached hydrogens (tertiary/aromatic N) is 1. The summed E-state index contributed by atoms with van der Waals surface area (Å²) in [6.07, 6.45) is 2.53. The molecule has 2 nitrogen and oxygen atoms in total. The predicted octanol–water partition coefficient (Wildman–Crippen LogP) is 3.74. The Balaban J connectivity index is 2.66. The monoisotopic (exact) mass is 268 g/mol. The molecule has 1 unspecified atom stereocenters. The maximum atomic E-state index is 3.51. The van der Waals surface area contributed by atoms with Crippen LogP contribution in [0.4, 0.5) is 0 Å². The molecule has 1 aromatic heterocycles. The third-order valence-corrected chi connectivity index (χ3v) is 4.16. The summed E-state index contributed by atoms with van der Waals surface area (Å²) in [5, 5.41) is 5.68. The molecule has 1 atom stereocenters. The number of hydrogen-bond acceptors (Lipinski definition) is 3. The number of hydrogen-bond donors (Lipinski definition) is 1. The third kappa shape index (κ3) is 5.09. The first-order valence-electron chi connectivity index (χ1n) is 7.17. The summed E-state index contributed by atoms with van der Waals surface area (Å²) >= 11 is 1.87. The first kappa shape index (κ1) is 15.7. The van der Waals surface area contributed by atoms with Gasteiger partial charge < -0.3 is 5.32 Å². The minimum absolute atomic E-state index is 0.599. The third-order valence-electron chi connectivity index (χ3n) is 3.30. The van der Waals surface area contributed by atoms with Gasteiger partial charge in [-0.3, -0.25) is 4.90 Å². The van der Waals surface area contributed by atoms with Gasteiger partial charge in [0.05, 0.1) is 0 Å². The van der Waals surface area contributed by atoms with Crippen LogP contribution in [0, 0.1) is 0 Å². The molecule has 0 amide bonds. The van der Waals surface area contributed by atoms with Crippen LogP contribution in [0.5, 0.6) is 0 Å². The number of rotatable bonds is 9. The molecule has 0 aliphatic rings. The SMILES string of the molecule is CCCC(CNCC)N(Cc1cccs1)C(C)C. The molecule has 1 heterocycles. The van der Waals surface area contributed by atoms with E-state index in [4.69, 9.17) is 0 Å². The molecule has 0 spiro atoms. The largest absolute Gasteiger partial charge is 0.315 e. The highest BCUT2D eigenvalue weighted by atomic mass is 32.1. The minimum atomic E-state index is 0.599. The molecule has 1 aromatic rings. The molecule has 0 saturated heterocycles. The topological polar surface area (TPSA) is 15.3 Å². The fraction of sp³-hybridized carbons (Fsp3) is 0.733. The van der Waals surface area contributed by atoms with Gasteiger partial charge in [-0.25, -0.2) is 0 Å². The molecule has 0 aliphatic carbocycles. The van der Waals surface area contributed by atoms with Crippen LogP contribution in [-0.2, 0) is 6.54 Å². The molecule has 1 rings (SSSR count). The maximum Gasteiger partial charge on any atom is 0.0334 e. The Morgan fingerprint density at radius 1 is 1.33 bits per heavy atom. The Morgan fingerprint density at radius 2 is 2.11 bits per heavy atom. The zero-order chi connectivity index (χ0) is 13.4. The smallest absolute Gasteiger partial charge is 0.0334 e. The number of nitrogens with one attached hydrogen (secondary N) is 1. The van der Waals surface area contributed by atoms with Crippen LogP contribution in [0.15, 0.2) is 17.5 Å². The molecule has 1 N–H and O–H groups in total. The zero-order valence-corrected chi connectivity index (χ0v) is 13.1. The van der Waals surface area contributed by atoms with Crippen molar-refractivity contribution >= 4 is 11.3 Å².